The molecule has 5 heteroatoms. The normalized spacial score (nSPS) is 8.36. The van der Waals surface area contributed by atoms with Crippen LogP contribution in [-0.2, 0) is 0 Å². The molecule has 2 N–H and O–H groups in total. The Hall–Kier alpha value is -1.36. The molecular formula is C6H7N3OS. The maximum Gasteiger partial charge on any atom is 0.265 e. The Bertz CT molecular complexity index is 276. The van der Waals surface area contributed by atoms with Gasteiger partial charge in [0.2, 0.25) is 0 Å². The van der Waals surface area contributed by atoms with Gasteiger partial charge >= 0.3 is 0 Å². The second-order valence-corrected chi connectivity index (χ2v) is 1.98. The second kappa shape index (κ2) is 4.45. The number of aromatic amines is 2. The van der Waals surface area contributed by atoms with Crippen LogP contribution in [0.3, 0.4) is 0 Å². The van der Waals surface area contributed by atoms with Gasteiger partial charge in [-0.1, -0.05) is 0 Å². The van der Waals surface area contributed by atoms with E-state index in [1.807, 2.05) is 0 Å². The summed E-state index contributed by atoms with van der Waals surface area (Å²) in [6.45, 7) is 0. The standard InChI is InChI=1S/C3H4N2.C3H3NOS/c1-2-5-3-4-1;6-3-4-1-2-5-3/h1-3H,(H,4,5);1-2H,(H,4,6). The van der Waals surface area contributed by atoms with Crippen molar-refractivity contribution in [1.82, 2.24) is 15.0 Å². The van der Waals surface area contributed by atoms with Crippen molar-refractivity contribution in [3.05, 3.63) is 36.0 Å². The maximum absolute atomic E-state index is 4.59. The first-order chi connectivity index (χ1) is 5.39. The van der Waals surface area contributed by atoms with Crippen LogP contribution in [0.15, 0.2) is 35.6 Å². The third-order valence-corrected chi connectivity index (χ3v) is 1.06. The van der Waals surface area contributed by atoms with Gasteiger partial charge in [0.1, 0.15) is 6.26 Å². The van der Waals surface area contributed by atoms with E-state index in [2.05, 4.69) is 31.6 Å². The fourth-order valence-corrected chi connectivity index (χ4v) is 0.571. The van der Waals surface area contributed by atoms with Crippen LogP contribution in [0, 0.1) is 4.84 Å². The Kier molecular flexibility index (Phi) is 3.14. The SMILES string of the molecule is S=c1[nH]cco1.c1c[nH]cn1. The number of nitrogens with zero attached hydrogens (tertiary/aromatic N) is 1. The summed E-state index contributed by atoms with van der Waals surface area (Å²) in [5.74, 6) is 0. The van der Waals surface area contributed by atoms with E-state index in [9.17, 15) is 0 Å². The molecule has 2 heterocycles. The average molecular weight is 169 g/mol. The molecule has 0 bridgehead atoms. The Labute approximate surface area is 68.3 Å². The van der Waals surface area contributed by atoms with Gasteiger partial charge in [-0.15, -0.1) is 0 Å². The molecule has 0 aliphatic carbocycles. The minimum absolute atomic E-state index is 0.426. The van der Waals surface area contributed by atoms with E-state index in [0.29, 0.717) is 4.84 Å². The summed E-state index contributed by atoms with van der Waals surface area (Å²) >= 11 is 4.52. The van der Waals surface area contributed by atoms with Gasteiger partial charge in [-0.3, -0.25) is 0 Å². The van der Waals surface area contributed by atoms with Gasteiger partial charge in [0.25, 0.3) is 4.84 Å². The summed E-state index contributed by atoms with van der Waals surface area (Å²) in [5, 5.41) is 0. The summed E-state index contributed by atoms with van der Waals surface area (Å²) in [7, 11) is 0. The topological polar surface area (TPSA) is 57.6 Å². The van der Waals surface area contributed by atoms with Crippen molar-refractivity contribution >= 4 is 12.2 Å². The first kappa shape index (κ1) is 7.74. The van der Waals surface area contributed by atoms with Crippen molar-refractivity contribution in [2.75, 3.05) is 0 Å². The molecule has 0 spiro atoms. The van der Waals surface area contributed by atoms with Crippen LogP contribution in [0.25, 0.3) is 0 Å². The summed E-state index contributed by atoms with van der Waals surface area (Å²) in [5.41, 5.74) is 0. The van der Waals surface area contributed by atoms with Crippen LogP contribution in [0.5, 0.6) is 0 Å². The van der Waals surface area contributed by atoms with Crippen LogP contribution in [-0.4, -0.2) is 15.0 Å². The minimum Gasteiger partial charge on any atom is -0.438 e. The number of oxazole rings is 1. The van der Waals surface area contributed by atoms with Crippen molar-refractivity contribution in [3.63, 3.8) is 0 Å². The number of nitrogens with one attached hydrogen (secondary N) is 2. The molecule has 2 rings (SSSR count). The first-order valence-corrected chi connectivity index (χ1v) is 3.35. The van der Waals surface area contributed by atoms with Crippen molar-refractivity contribution in [2.24, 2.45) is 0 Å². The fraction of sp³-hybridized carbons (Fsp3) is 0. The molecule has 0 saturated heterocycles. The molecule has 0 aliphatic rings. The second-order valence-electron chi connectivity index (χ2n) is 1.61. The third kappa shape index (κ3) is 3.36. The van der Waals surface area contributed by atoms with Gasteiger partial charge in [0, 0.05) is 18.6 Å². The minimum atomic E-state index is 0.426. The summed E-state index contributed by atoms with van der Waals surface area (Å²) in [6, 6.07) is 0. The Balaban J connectivity index is 0.000000112. The number of aromatic nitrogens is 3. The smallest absolute Gasteiger partial charge is 0.265 e. The molecule has 0 amide bonds. The number of hydrogen-bond acceptors (Lipinski definition) is 3. The highest BCUT2D eigenvalue weighted by Gasteiger charge is 1.68. The van der Waals surface area contributed by atoms with Crippen LogP contribution in [0.4, 0.5) is 0 Å². The third-order valence-electron chi connectivity index (χ3n) is 0.850. The van der Waals surface area contributed by atoms with Crippen LogP contribution >= 0.6 is 12.2 Å². The predicted molar refractivity (Wildman–Crippen MR) is 42.5 cm³/mol. The fourth-order valence-electron chi connectivity index (χ4n) is 0.447. The number of H-pyrrole nitrogens is 2. The van der Waals surface area contributed by atoms with Crippen molar-refractivity contribution < 1.29 is 4.42 Å². The molecule has 0 fully saturated rings. The van der Waals surface area contributed by atoms with E-state index in [1.165, 1.54) is 6.26 Å². The Morgan fingerprint density at radius 3 is 2.55 bits per heavy atom. The van der Waals surface area contributed by atoms with Crippen LogP contribution < -0.4 is 0 Å². The van der Waals surface area contributed by atoms with Gasteiger partial charge in [-0.25, -0.2) is 4.98 Å². The molecule has 11 heavy (non-hydrogen) atoms. The summed E-state index contributed by atoms with van der Waals surface area (Å²) < 4.78 is 4.59. The molecule has 4 nitrogen and oxygen atoms in total. The maximum atomic E-state index is 4.59. The van der Waals surface area contributed by atoms with Gasteiger partial charge in [0.05, 0.1) is 6.33 Å². The lowest BCUT2D eigenvalue weighted by atomic mass is 11.0. The van der Waals surface area contributed by atoms with E-state index in [1.54, 1.807) is 24.9 Å². The molecule has 0 aromatic carbocycles. The lowest BCUT2D eigenvalue weighted by Gasteiger charge is -1.55. The zero-order valence-corrected chi connectivity index (χ0v) is 6.47. The molecular weight excluding hydrogens is 162 g/mol. The van der Waals surface area contributed by atoms with E-state index in [4.69, 9.17) is 0 Å². The van der Waals surface area contributed by atoms with Gasteiger partial charge in [-0.05, 0) is 12.2 Å². The molecule has 0 radical (unpaired) electrons. The number of rotatable bonds is 0. The van der Waals surface area contributed by atoms with Gasteiger partial charge < -0.3 is 14.4 Å². The average Bonchev–Trinajstić information content (AvgIpc) is 2.57. The monoisotopic (exact) mass is 169 g/mol. The van der Waals surface area contributed by atoms with E-state index in [0.717, 1.165) is 0 Å². The quantitative estimate of drug-likeness (QED) is 0.590. The van der Waals surface area contributed by atoms with E-state index < -0.39 is 0 Å². The lowest BCUT2D eigenvalue weighted by molar-refractivity contribution is 0.540. The highest BCUT2D eigenvalue weighted by Crippen LogP contribution is 1.80. The summed E-state index contributed by atoms with van der Waals surface area (Å²) in [4.78, 5) is 9.49. The zero-order valence-electron chi connectivity index (χ0n) is 5.65. The Morgan fingerprint density at radius 2 is 2.36 bits per heavy atom. The molecule has 0 unspecified atom stereocenters. The molecule has 2 aromatic rings. The Morgan fingerprint density at radius 1 is 1.45 bits per heavy atom. The van der Waals surface area contributed by atoms with Crippen molar-refractivity contribution in [2.45, 2.75) is 0 Å². The van der Waals surface area contributed by atoms with Crippen molar-refractivity contribution in [3.8, 4) is 0 Å². The van der Waals surface area contributed by atoms with Crippen LogP contribution in [0.1, 0.15) is 0 Å². The van der Waals surface area contributed by atoms with Crippen LogP contribution in [0.2, 0.25) is 0 Å². The van der Waals surface area contributed by atoms with Crippen molar-refractivity contribution in [1.29, 1.82) is 0 Å². The molecule has 0 atom stereocenters. The van der Waals surface area contributed by atoms with Gasteiger partial charge in [0.15, 0.2) is 0 Å². The molecule has 0 aliphatic heterocycles. The molecule has 0 saturated carbocycles. The van der Waals surface area contributed by atoms with Gasteiger partial charge in [-0.2, -0.15) is 0 Å². The summed E-state index contributed by atoms with van der Waals surface area (Å²) in [6.07, 6.45) is 8.23. The highest BCUT2D eigenvalue weighted by atomic mass is 32.1. The highest BCUT2D eigenvalue weighted by molar-refractivity contribution is 7.71. The molecule has 2 aromatic heterocycles. The lowest BCUT2D eigenvalue weighted by Crippen LogP contribution is -1.47. The number of imidazole rings is 1. The zero-order chi connectivity index (χ0) is 7.94. The van der Waals surface area contributed by atoms with E-state index in [-0.39, 0.29) is 0 Å². The molecule has 58 valence electrons. The predicted octanol–water partition coefficient (Wildman–Crippen LogP) is 1.75. The largest absolute Gasteiger partial charge is 0.438 e. The first-order valence-electron chi connectivity index (χ1n) is 2.94. The van der Waals surface area contributed by atoms with E-state index >= 15 is 0 Å². The number of hydrogen-bond donors (Lipinski definition) is 2.